The molecule has 1 saturated heterocycles. The molecule has 0 radical (unpaired) electrons. The predicted octanol–water partition coefficient (Wildman–Crippen LogP) is -0.239. The van der Waals surface area contributed by atoms with E-state index in [0.29, 0.717) is 6.54 Å². The van der Waals surface area contributed by atoms with Crippen molar-refractivity contribution in [3.8, 4) is 0 Å². The molecule has 7 heteroatoms. The van der Waals surface area contributed by atoms with Crippen LogP contribution >= 0.6 is 11.8 Å². The summed E-state index contributed by atoms with van der Waals surface area (Å²) < 4.78 is 37.0. The molecule has 0 aliphatic carbocycles. The molecule has 16 heavy (non-hydrogen) atoms. The summed E-state index contributed by atoms with van der Waals surface area (Å²) in [6.07, 6.45) is 0. The van der Waals surface area contributed by atoms with Crippen LogP contribution in [0.15, 0.2) is 12.1 Å². The van der Waals surface area contributed by atoms with Gasteiger partial charge in [0.2, 0.25) is 0 Å². The Bertz CT molecular complexity index is 258. The summed E-state index contributed by atoms with van der Waals surface area (Å²) in [6, 6.07) is 0. The van der Waals surface area contributed by atoms with Crippen LogP contribution in [0.25, 0.3) is 0 Å². The summed E-state index contributed by atoms with van der Waals surface area (Å²) >= 11 is 1.81. The van der Waals surface area contributed by atoms with Crippen LogP contribution in [0.3, 0.4) is 0 Å². The second kappa shape index (κ2) is 6.63. The third-order valence-electron chi connectivity index (χ3n) is 2.39. The molecule has 1 nitrogen and oxygen atoms in total. The van der Waals surface area contributed by atoms with Gasteiger partial charge in [-0.15, -0.1) is 12.1 Å². The Morgan fingerprint density at radius 3 is 2.44 bits per heavy atom. The molecule has 0 saturated carbocycles. The molecule has 0 unspecified atom stereocenters. The van der Waals surface area contributed by atoms with E-state index in [1.807, 2.05) is 16.7 Å². The quantitative estimate of drug-likeness (QED) is 0.655. The minimum absolute atomic E-state index is 0. The fourth-order valence-corrected chi connectivity index (χ4v) is 2.82. The molecular weight excluding hydrogens is 261 g/mol. The first-order valence-electron chi connectivity index (χ1n) is 4.95. The average Bonchev–Trinajstić information content (AvgIpc) is 2.00. The molecule has 0 aromatic carbocycles. The van der Waals surface area contributed by atoms with Crippen molar-refractivity contribution in [1.29, 1.82) is 0 Å². The van der Waals surface area contributed by atoms with E-state index >= 15 is 0 Å². The summed E-state index contributed by atoms with van der Waals surface area (Å²) in [7, 11) is 0. The van der Waals surface area contributed by atoms with Crippen molar-refractivity contribution < 1.29 is 64.3 Å². The summed E-state index contributed by atoms with van der Waals surface area (Å²) in [5, 5.41) is 0. The Kier molecular flexibility index (Phi) is 7.27. The molecule has 1 heterocycles. The van der Waals surface area contributed by atoms with Crippen LogP contribution in [0.4, 0.5) is 12.9 Å². The minimum atomic E-state index is -4.88. The Morgan fingerprint density at radius 2 is 2.00 bits per heavy atom. The van der Waals surface area contributed by atoms with E-state index in [1.54, 1.807) is 0 Å². The largest absolute Gasteiger partial charge is 1.00 e. The molecule has 0 atom stereocenters. The van der Waals surface area contributed by atoms with Crippen molar-refractivity contribution in [2.45, 2.75) is 18.6 Å². The molecule has 1 aliphatic rings. The Labute approximate surface area is 142 Å². The third-order valence-corrected chi connectivity index (χ3v) is 3.69. The zero-order valence-corrected chi connectivity index (χ0v) is 14.0. The van der Waals surface area contributed by atoms with Crippen molar-refractivity contribution in [2.75, 3.05) is 25.4 Å². The second-order valence-corrected chi connectivity index (χ2v) is 6.35. The number of hydrogen-bond donors (Lipinski definition) is 0. The molecule has 1 fully saturated rings. The van der Waals surface area contributed by atoms with Gasteiger partial charge in [-0.1, -0.05) is 0 Å². The molecule has 88 valence electrons. The number of nitrogens with zero attached hydrogens (tertiary/aromatic N) is 1. The van der Waals surface area contributed by atoms with Gasteiger partial charge in [0.25, 0.3) is 0 Å². The predicted molar refractivity (Wildman–Crippen MR) is 61.2 cm³/mol. The van der Waals surface area contributed by atoms with Crippen molar-refractivity contribution in [1.82, 2.24) is 4.90 Å². The average molecular weight is 277 g/mol. The maximum absolute atomic E-state index is 12.3. The molecule has 0 aromatic rings. The standard InChI is InChI=1S/C9H16BF3NS.K/c1-8(10(11,12)13)6-14-4-5-15-9(2,3)7-14;/h1,4-7H2,2-3H3;/q-1;+1. The summed E-state index contributed by atoms with van der Waals surface area (Å²) in [5.41, 5.74) is -0.585. The Morgan fingerprint density at radius 1 is 1.44 bits per heavy atom. The summed E-state index contributed by atoms with van der Waals surface area (Å²) in [4.78, 5) is 1.84. The van der Waals surface area contributed by atoms with Gasteiger partial charge in [-0.3, -0.25) is 0 Å². The van der Waals surface area contributed by atoms with Crippen LogP contribution in [0, 0.1) is 0 Å². The van der Waals surface area contributed by atoms with E-state index in [1.165, 1.54) is 0 Å². The van der Waals surface area contributed by atoms with Crippen molar-refractivity contribution in [3.63, 3.8) is 0 Å². The van der Waals surface area contributed by atoms with E-state index in [0.717, 1.165) is 12.3 Å². The molecule has 0 aromatic heterocycles. The normalized spacial score (nSPS) is 21.3. The van der Waals surface area contributed by atoms with Crippen LogP contribution in [-0.4, -0.2) is 42.0 Å². The van der Waals surface area contributed by atoms with Gasteiger partial charge < -0.3 is 17.8 Å². The fourth-order valence-electron chi connectivity index (χ4n) is 1.64. The second-order valence-electron chi connectivity index (χ2n) is 4.55. The first-order chi connectivity index (χ1) is 6.71. The first kappa shape index (κ1) is 17.5. The number of hydrogen-bond acceptors (Lipinski definition) is 2. The number of halogens is 3. The van der Waals surface area contributed by atoms with Gasteiger partial charge in [0.15, 0.2) is 0 Å². The van der Waals surface area contributed by atoms with Gasteiger partial charge in [0.05, 0.1) is 0 Å². The molecule has 0 spiro atoms. The molecule has 1 aliphatic heterocycles. The third kappa shape index (κ3) is 5.93. The van der Waals surface area contributed by atoms with E-state index in [9.17, 15) is 12.9 Å². The van der Waals surface area contributed by atoms with Crippen LogP contribution in [0.1, 0.15) is 13.8 Å². The van der Waals surface area contributed by atoms with Gasteiger partial charge in [0, 0.05) is 23.6 Å². The van der Waals surface area contributed by atoms with E-state index in [-0.39, 0.29) is 62.7 Å². The molecule has 0 amide bonds. The smallest absolute Gasteiger partial charge is 0.445 e. The zero-order chi connectivity index (χ0) is 11.7. The molecular formula is C9H16BF3KNS. The van der Waals surface area contributed by atoms with Crippen molar-refractivity contribution in [2.24, 2.45) is 0 Å². The van der Waals surface area contributed by atoms with Crippen molar-refractivity contribution in [3.05, 3.63) is 12.1 Å². The van der Waals surface area contributed by atoms with Gasteiger partial charge in [-0.25, -0.2) is 0 Å². The van der Waals surface area contributed by atoms with Crippen molar-refractivity contribution >= 4 is 18.7 Å². The zero-order valence-electron chi connectivity index (χ0n) is 10.1. The number of rotatable bonds is 3. The first-order valence-corrected chi connectivity index (χ1v) is 5.93. The van der Waals surface area contributed by atoms with Crippen LogP contribution in [0.5, 0.6) is 0 Å². The Hall–Kier alpha value is 1.54. The maximum Gasteiger partial charge on any atom is 1.00 e. The van der Waals surface area contributed by atoms with Gasteiger partial charge in [-0.05, 0) is 20.4 Å². The SMILES string of the molecule is C=C(CN1CCSC(C)(C)C1)[B-](F)(F)F.[K+]. The fraction of sp³-hybridized carbons (Fsp3) is 0.778. The minimum Gasteiger partial charge on any atom is -0.445 e. The summed E-state index contributed by atoms with van der Waals surface area (Å²) in [5.74, 6) is 0.894. The summed E-state index contributed by atoms with van der Waals surface area (Å²) in [6.45, 7) is 3.75. The van der Waals surface area contributed by atoms with Crippen LogP contribution in [0.2, 0.25) is 0 Å². The Balaban J connectivity index is 0.00000225. The molecule has 1 rings (SSSR count). The van der Waals surface area contributed by atoms with Crippen LogP contribution in [-0.2, 0) is 0 Å². The van der Waals surface area contributed by atoms with Gasteiger partial charge >= 0.3 is 58.4 Å². The van der Waals surface area contributed by atoms with Gasteiger partial charge in [0.1, 0.15) is 0 Å². The maximum atomic E-state index is 12.3. The van der Waals surface area contributed by atoms with E-state index in [2.05, 4.69) is 20.4 Å². The van der Waals surface area contributed by atoms with Crippen LogP contribution < -0.4 is 51.4 Å². The molecule has 0 bridgehead atoms. The number of thioether (sulfide) groups is 1. The van der Waals surface area contributed by atoms with E-state index in [4.69, 9.17) is 0 Å². The topological polar surface area (TPSA) is 3.24 Å². The molecule has 0 N–H and O–H groups in total. The monoisotopic (exact) mass is 277 g/mol. The van der Waals surface area contributed by atoms with Gasteiger partial charge in [-0.2, -0.15) is 11.8 Å². The van der Waals surface area contributed by atoms with E-state index < -0.39 is 12.4 Å².